The van der Waals surface area contributed by atoms with Gasteiger partial charge in [-0.3, -0.25) is 19.8 Å². The van der Waals surface area contributed by atoms with Gasteiger partial charge < -0.3 is 19.1 Å². The number of ether oxygens (including phenoxy) is 3. The molecule has 9 nitrogen and oxygen atoms in total. The number of rotatable bonds is 4. The third-order valence-electron chi connectivity index (χ3n) is 6.21. The number of nitrogens with zero attached hydrogens (tertiary/aromatic N) is 3. The van der Waals surface area contributed by atoms with E-state index in [1.165, 1.54) is 12.7 Å². The molecule has 2 aromatic carbocycles. The summed E-state index contributed by atoms with van der Waals surface area (Å²) in [4.78, 5) is 34.4. The summed E-state index contributed by atoms with van der Waals surface area (Å²) in [5, 5.41) is 2.83. The Balaban J connectivity index is 1.28. The van der Waals surface area contributed by atoms with Crippen LogP contribution in [0.2, 0.25) is 0 Å². The van der Waals surface area contributed by atoms with E-state index in [1.807, 2.05) is 42.5 Å². The lowest BCUT2D eigenvalue weighted by atomic mass is 9.91. The van der Waals surface area contributed by atoms with Crippen LogP contribution in [0, 0.1) is 5.92 Å². The maximum Gasteiger partial charge on any atom is 0.320 e. The van der Waals surface area contributed by atoms with Gasteiger partial charge in [0.1, 0.15) is 6.04 Å². The molecule has 2 aromatic rings. The first kappa shape index (κ1) is 21.3. The third-order valence-corrected chi connectivity index (χ3v) is 6.21. The van der Waals surface area contributed by atoms with Gasteiger partial charge in [0.25, 0.3) is 0 Å². The minimum Gasteiger partial charge on any atom is -0.468 e. The smallest absolute Gasteiger partial charge is 0.320 e. The molecule has 3 aliphatic heterocycles. The molecule has 1 saturated heterocycles. The van der Waals surface area contributed by atoms with E-state index in [0.717, 1.165) is 36.7 Å². The van der Waals surface area contributed by atoms with Crippen LogP contribution in [0.4, 0.5) is 0 Å². The SMILES string of the molecule is COC(=O)[C@@H]1C(=O)NC(N2CCN(Cc3ccc4c(c3)OCO4)CC2)=N[C@H]1c1ccccc1. The lowest BCUT2D eigenvalue weighted by Crippen LogP contribution is -2.57. The minimum absolute atomic E-state index is 0.270. The van der Waals surface area contributed by atoms with Crippen molar-refractivity contribution in [1.29, 1.82) is 0 Å². The van der Waals surface area contributed by atoms with Crippen molar-refractivity contribution in [3.63, 3.8) is 0 Å². The Morgan fingerprint density at radius 1 is 1.09 bits per heavy atom. The zero-order chi connectivity index (χ0) is 22.8. The number of hydrogen-bond donors (Lipinski definition) is 1. The van der Waals surface area contributed by atoms with Crippen LogP contribution in [0.25, 0.3) is 0 Å². The number of carbonyl (C=O) groups excluding carboxylic acids is 2. The van der Waals surface area contributed by atoms with Crippen molar-refractivity contribution in [1.82, 2.24) is 15.1 Å². The van der Waals surface area contributed by atoms with E-state index >= 15 is 0 Å². The van der Waals surface area contributed by atoms with Crippen molar-refractivity contribution in [3.8, 4) is 11.5 Å². The number of piperazine rings is 1. The second-order valence-corrected chi connectivity index (χ2v) is 8.25. The van der Waals surface area contributed by atoms with Crippen molar-refractivity contribution >= 4 is 17.8 Å². The summed E-state index contributed by atoms with van der Waals surface area (Å²) >= 11 is 0. The van der Waals surface area contributed by atoms with Crippen LogP contribution >= 0.6 is 0 Å². The molecule has 2 atom stereocenters. The number of hydrogen-bond acceptors (Lipinski definition) is 8. The first-order valence-corrected chi connectivity index (χ1v) is 11.0. The number of carbonyl (C=O) groups is 2. The average Bonchev–Trinajstić information content (AvgIpc) is 3.32. The Labute approximate surface area is 191 Å². The first-order chi connectivity index (χ1) is 16.1. The van der Waals surface area contributed by atoms with E-state index < -0.39 is 17.9 Å². The molecule has 3 aliphatic rings. The summed E-state index contributed by atoms with van der Waals surface area (Å²) in [7, 11) is 1.29. The Morgan fingerprint density at radius 2 is 1.85 bits per heavy atom. The molecular weight excluding hydrogens is 424 g/mol. The van der Waals surface area contributed by atoms with Crippen LogP contribution < -0.4 is 14.8 Å². The molecule has 0 aromatic heterocycles. The fourth-order valence-electron chi connectivity index (χ4n) is 4.43. The van der Waals surface area contributed by atoms with Gasteiger partial charge in [-0.15, -0.1) is 0 Å². The Hall–Kier alpha value is -3.59. The Bertz CT molecular complexity index is 1070. The van der Waals surface area contributed by atoms with Gasteiger partial charge in [0.15, 0.2) is 17.4 Å². The summed E-state index contributed by atoms with van der Waals surface area (Å²) < 4.78 is 15.7. The van der Waals surface area contributed by atoms with E-state index in [-0.39, 0.29) is 12.7 Å². The molecule has 3 heterocycles. The molecule has 172 valence electrons. The highest BCUT2D eigenvalue weighted by Crippen LogP contribution is 2.33. The van der Waals surface area contributed by atoms with Crippen LogP contribution in [-0.4, -0.2) is 67.7 Å². The van der Waals surface area contributed by atoms with Gasteiger partial charge in [0, 0.05) is 32.7 Å². The largest absolute Gasteiger partial charge is 0.468 e. The van der Waals surface area contributed by atoms with Gasteiger partial charge in [-0.05, 0) is 23.3 Å². The quantitative estimate of drug-likeness (QED) is 0.558. The predicted octanol–water partition coefficient (Wildman–Crippen LogP) is 1.55. The second kappa shape index (κ2) is 9.11. The lowest BCUT2D eigenvalue weighted by molar-refractivity contribution is -0.151. The first-order valence-electron chi connectivity index (χ1n) is 11.0. The summed E-state index contributed by atoms with van der Waals surface area (Å²) in [6.07, 6.45) is 0. The molecule has 0 unspecified atom stereocenters. The van der Waals surface area contributed by atoms with Gasteiger partial charge in [-0.2, -0.15) is 0 Å². The molecule has 1 N–H and O–H groups in total. The molecular formula is C24H26N4O5. The molecule has 0 radical (unpaired) electrons. The number of methoxy groups -OCH3 is 1. The molecule has 9 heteroatoms. The number of guanidine groups is 1. The maximum absolute atomic E-state index is 12.9. The number of esters is 1. The van der Waals surface area contributed by atoms with E-state index in [2.05, 4.69) is 21.2 Å². The van der Waals surface area contributed by atoms with Crippen molar-refractivity contribution in [2.75, 3.05) is 40.1 Å². The van der Waals surface area contributed by atoms with Gasteiger partial charge in [0.2, 0.25) is 18.7 Å². The second-order valence-electron chi connectivity index (χ2n) is 8.25. The predicted molar refractivity (Wildman–Crippen MR) is 120 cm³/mol. The summed E-state index contributed by atoms with van der Waals surface area (Å²) in [6, 6.07) is 14.8. The molecule has 5 rings (SSSR count). The lowest BCUT2D eigenvalue weighted by Gasteiger charge is -2.39. The Morgan fingerprint density at radius 3 is 2.61 bits per heavy atom. The van der Waals surface area contributed by atoms with Gasteiger partial charge in [-0.25, -0.2) is 4.99 Å². The van der Waals surface area contributed by atoms with Crippen molar-refractivity contribution in [2.24, 2.45) is 10.9 Å². The maximum atomic E-state index is 12.9. The fourth-order valence-corrected chi connectivity index (χ4v) is 4.43. The van der Waals surface area contributed by atoms with E-state index in [0.29, 0.717) is 19.0 Å². The van der Waals surface area contributed by atoms with E-state index in [1.54, 1.807) is 0 Å². The molecule has 0 aliphatic carbocycles. The zero-order valence-electron chi connectivity index (χ0n) is 18.4. The third kappa shape index (κ3) is 4.36. The van der Waals surface area contributed by atoms with Gasteiger partial charge in [0.05, 0.1) is 7.11 Å². The fraction of sp³-hybridized carbons (Fsp3) is 0.375. The van der Waals surface area contributed by atoms with E-state index in [4.69, 9.17) is 19.2 Å². The van der Waals surface area contributed by atoms with E-state index in [9.17, 15) is 9.59 Å². The van der Waals surface area contributed by atoms with Crippen molar-refractivity contribution in [3.05, 3.63) is 59.7 Å². The molecule has 33 heavy (non-hydrogen) atoms. The number of amides is 1. The highest BCUT2D eigenvalue weighted by atomic mass is 16.7. The van der Waals surface area contributed by atoms with Crippen LogP contribution in [0.3, 0.4) is 0 Å². The number of nitrogens with one attached hydrogen (secondary N) is 1. The number of fused-ring (bicyclic) bond motifs is 1. The zero-order valence-corrected chi connectivity index (χ0v) is 18.4. The highest BCUT2D eigenvalue weighted by molar-refractivity contribution is 6.08. The molecule has 0 spiro atoms. The molecule has 1 amide bonds. The standard InChI is InChI=1S/C24H26N4O5/c1-31-23(30)20-21(17-5-3-2-4-6-17)25-24(26-22(20)29)28-11-9-27(10-12-28)14-16-7-8-18-19(13-16)33-15-32-18/h2-8,13,20-21H,9-12,14-15H2,1H3,(H,25,26,29)/t20-,21-/m0/s1. The monoisotopic (exact) mass is 450 g/mol. The summed E-state index contributed by atoms with van der Waals surface area (Å²) in [5.41, 5.74) is 1.97. The van der Waals surface area contributed by atoms with Crippen LogP contribution in [0.1, 0.15) is 17.2 Å². The summed E-state index contributed by atoms with van der Waals surface area (Å²) in [6.45, 7) is 4.15. The van der Waals surface area contributed by atoms with Crippen LogP contribution in [0.15, 0.2) is 53.5 Å². The highest BCUT2D eigenvalue weighted by Gasteiger charge is 2.42. The van der Waals surface area contributed by atoms with Gasteiger partial charge >= 0.3 is 5.97 Å². The summed E-state index contributed by atoms with van der Waals surface area (Å²) in [5.74, 6) is 0.108. The molecule has 0 bridgehead atoms. The van der Waals surface area contributed by atoms with Crippen LogP contribution in [0.5, 0.6) is 11.5 Å². The van der Waals surface area contributed by atoms with Crippen LogP contribution in [-0.2, 0) is 20.9 Å². The van der Waals surface area contributed by atoms with Crippen molar-refractivity contribution in [2.45, 2.75) is 12.6 Å². The molecule has 0 saturated carbocycles. The minimum atomic E-state index is -1.01. The van der Waals surface area contributed by atoms with Crippen molar-refractivity contribution < 1.29 is 23.8 Å². The number of aliphatic imine (C=N–C) groups is 1. The Kier molecular flexibility index (Phi) is 5.87. The van der Waals surface area contributed by atoms with Gasteiger partial charge in [-0.1, -0.05) is 36.4 Å². The normalized spacial score (nSPS) is 22.5. The topological polar surface area (TPSA) is 92.7 Å². The molecule has 1 fully saturated rings. The number of benzene rings is 2. The average molecular weight is 450 g/mol.